The van der Waals surface area contributed by atoms with Crippen molar-refractivity contribution in [3.63, 3.8) is 0 Å². The van der Waals surface area contributed by atoms with Crippen molar-refractivity contribution in [3.8, 4) is 33.4 Å². The molecular formula is C70H64N2. The largest absolute Gasteiger partial charge is 0.345 e. The summed E-state index contributed by atoms with van der Waals surface area (Å²) >= 11 is 0. The SMILES string of the molecule is Cc1ccc(-c2ccc(C3(c4ccc(-c5ccc(N(c6ccc(C)c(C)c6)c6ccc7cc(-c8ccc9cc(N(C)c%10ccc%11c(c%10)CC%11)ccc9c8)ccc7c6)cc5)cc4)CCC(C)C(C)C3)cc2)cc1. The first-order valence-electron chi connectivity index (χ1n) is 26.2. The third-order valence-corrected chi connectivity index (χ3v) is 17.0. The first kappa shape index (κ1) is 45.5. The van der Waals surface area contributed by atoms with E-state index in [9.17, 15) is 0 Å². The number of nitrogens with zero attached hydrogens (tertiary/aromatic N) is 2. The highest BCUT2D eigenvalue weighted by atomic mass is 15.1. The molecule has 2 aliphatic rings. The van der Waals surface area contributed by atoms with Crippen LogP contribution in [0.15, 0.2) is 206 Å². The van der Waals surface area contributed by atoms with Gasteiger partial charge in [-0.3, -0.25) is 0 Å². The molecule has 0 bridgehead atoms. The smallest absolute Gasteiger partial charge is 0.0468 e. The second-order valence-corrected chi connectivity index (χ2v) is 21.5. The van der Waals surface area contributed by atoms with Crippen LogP contribution in [0.4, 0.5) is 28.4 Å². The van der Waals surface area contributed by atoms with E-state index in [-0.39, 0.29) is 5.41 Å². The fraction of sp³-hybridized carbons (Fsp3) is 0.200. The third-order valence-electron chi connectivity index (χ3n) is 17.0. The van der Waals surface area contributed by atoms with Crippen LogP contribution in [-0.4, -0.2) is 7.05 Å². The van der Waals surface area contributed by atoms with Gasteiger partial charge in [-0.15, -0.1) is 0 Å². The van der Waals surface area contributed by atoms with E-state index < -0.39 is 0 Å². The molecule has 0 spiro atoms. The maximum Gasteiger partial charge on any atom is 0.0468 e. The van der Waals surface area contributed by atoms with Crippen LogP contribution in [0.2, 0.25) is 0 Å². The number of anilines is 5. The van der Waals surface area contributed by atoms with Crippen LogP contribution in [0.1, 0.15) is 72.1 Å². The van der Waals surface area contributed by atoms with Crippen molar-refractivity contribution in [2.24, 2.45) is 11.8 Å². The predicted molar refractivity (Wildman–Crippen MR) is 308 cm³/mol. The fourth-order valence-corrected chi connectivity index (χ4v) is 11.8. The summed E-state index contributed by atoms with van der Waals surface area (Å²) in [5, 5.41) is 4.94. The van der Waals surface area contributed by atoms with E-state index in [0.717, 1.165) is 29.4 Å². The maximum atomic E-state index is 2.46. The molecule has 12 rings (SSSR count). The lowest BCUT2D eigenvalue weighted by atomic mass is 9.60. The number of aryl methyl sites for hydroxylation is 5. The molecule has 0 heterocycles. The van der Waals surface area contributed by atoms with Crippen LogP contribution in [0.25, 0.3) is 54.9 Å². The molecule has 1 saturated carbocycles. The summed E-state index contributed by atoms with van der Waals surface area (Å²) in [4.78, 5) is 4.71. The van der Waals surface area contributed by atoms with Crippen molar-refractivity contribution in [2.75, 3.05) is 16.8 Å². The third kappa shape index (κ3) is 8.47. The van der Waals surface area contributed by atoms with Crippen LogP contribution in [0.3, 0.4) is 0 Å². The Kier molecular flexibility index (Phi) is 11.7. The Hall–Kier alpha value is -7.68. The predicted octanol–water partition coefficient (Wildman–Crippen LogP) is 19.0. The average Bonchev–Trinajstić information content (AvgIpc) is 3.41. The van der Waals surface area contributed by atoms with Gasteiger partial charge in [0.1, 0.15) is 0 Å². The van der Waals surface area contributed by atoms with Crippen LogP contribution in [0.5, 0.6) is 0 Å². The van der Waals surface area contributed by atoms with Gasteiger partial charge in [0.2, 0.25) is 0 Å². The zero-order valence-electron chi connectivity index (χ0n) is 42.7. The number of hydrogen-bond acceptors (Lipinski definition) is 2. The van der Waals surface area contributed by atoms with E-state index in [1.165, 1.54) is 131 Å². The number of hydrogen-bond donors (Lipinski definition) is 0. The van der Waals surface area contributed by atoms with Gasteiger partial charge in [-0.25, -0.2) is 0 Å². The molecule has 0 aromatic heterocycles. The summed E-state index contributed by atoms with van der Waals surface area (Å²) in [5.74, 6) is 1.38. The van der Waals surface area contributed by atoms with Gasteiger partial charge in [0.25, 0.3) is 0 Å². The Balaban J connectivity index is 0.813. The van der Waals surface area contributed by atoms with E-state index in [1.54, 1.807) is 0 Å². The molecule has 0 N–H and O–H groups in total. The van der Waals surface area contributed by atoms with Gasteiger partial charge >= 0.3 is 0 Å². The normalized spacial score (nSPS) is 17.4. The Morgan fingerprint density at radius 2 is 0.819 bits per heavy atom. The molecule has 72 heavy (non-hydrogen) atoms. The number of benzene rings is 10. The van der Waals surface area contributed by atoms with Gasteiger partial charge in [0.05, 0.1) is 0 Å². The topological polar surface area (TPSA) is 6.48 Å². The van der Waals surface area contributed by atoms with Crippen molar-refractivity contribution in [1.82, 2.24) is 0 Å². The fourth-order valence-electron chi connectivity index (χ4n) is 11.8. The van der Waals surface area contributed by atoms with Gasteiger partial charge in [-0.05, 0) is 226 Å². The Morgan fingerprint density at radius 3 is 1.38 bits per heavy atom. The lowest BCUT2D eigenvalue weighted by Crippen LogP contribution is -2.36. The molecule has 2 aliphatic carbocycles. The summed E-state index contributed by atoms with van der Waals surface area (Å²) < 4.78 is 0. The lowest BCUT2D eigenvalue weighted by molar-refractivity contribution is 0.201. The summed E-state index contributed by atoms with van der Waals surface area (Å²) in [5.41, 5.74) is 23.1. The van der Waals surface area contributed by atoms with E-state index in [2.05, 4.69) is 258 Å². The molecule has 2 heteroatoms. The molecule has 0 radical (unpaired) electrons. The molecular weight excluding hydrogens is 869 g/mol. The van der Waals surface area contributed by atoms with E-state index in [0.29, 0.717) is 5.92 Å². The quantitative estimate of drug-likeness (QED) is 0.135. The molecule has 0 aliphatic heterocycles. The van der Waals surface area contributed by atoms with Crippen molar-refractivity contribution in [1.29, 1.82) is 0 Å². The second-order valence-electron chi connectivity index (χ2n) is 21.5. The van der Waals surface area contributed by atoms with E-state index >= 15 is 0 Å². The maximum absolute atomic E-state index is 2.46. The van der Waals surface area contributed by atoms with Crippen molar-refractivity contribution in [2.45, 2.75) is 72.1 Å². The minimum atomic E-state index is -0.00350. The van der Waals surface area contributed by atoms with Crippen molar-refractivity contribution >= 4 is 50.0 Å². The van der Waals surface area contributed by atoms with E-state index in [4.69, 9.17) is 0 Å². The molecule has 1 fully saturated rings. The average molecular weight is 933 g/mol. The van der Waals surface area contributed by atoms with Gasteiger partial charge in [-0.2, -0.15) is 0 Å². The highest BCUT2D eigenvalue weighted by Crippen LogP contribution is 2.50. The highest BCUT2D eigenvalue weighted by molar-refractivity contribution is 5.95. The van der Waals surface area contributed by atoms with Crippen molar-refractivity contribution < 1.29 is 0 Å². The molecule has 3 unspecified atom stereocenters. The summed E-state index contributed by atoms with van der Waals surface area (Å²) in [6.07, 6.45) is 5.97. The summed E-state index contributed by atoms with van der Waals surface area (Å²) in [6.45, 7) is 11.5. The van der Waals surface area contributed by atoms with E-state index in [1.807, 2.05) is 0 Å². The first-order chi connectivity index (χ1) is 35.0. The van der Waals surface area contributed by atoms with Crippen molar-refractivity contribution in [3.05, 3.63) is 245 Å². The standard InChI is InChI=1S/C70H64N2/c1-46-7-10-51(11-8-46)52-18-27-63(28-19-52)70(38-37-48(3)50(5)45-70)64-29-20-53(21-30-64)54-22-32-65(33-23-54)72(68-31-9-47(2)49(4)39-68)69-36-26-59-41-57(15-17-62(59)44-69)56-14-16-61-43-67(35-25-58(61)40-56)71(6)66-34-24-55-12-13-60(55)42-66/h7-11,14-36,39-44,48,50H,12-13,37-38,45H2,1-6H3. The lowest BCUT2D eigenvalue weighted by Gasteiger charge is -2.44. The molecule has 10 aromatic carbocycles. The molecule has 3 atom stereocenters. The minimum Gasteiger partial charge on any atom is -0.345 e. The monoisotopic (exact) mass is 933 g/mol. The zero-order chi connectivity index (χ0) is 49.1. The zero-order valence-corrected chi connectivity index (χ0v) is 42.7. The summed E-state index contributed by atoms with van der Waals surface area (Å²) in [6, 6.07) is 78.4. The number of fused-ring (bicyclic) bond motifs is 3. The highest BCUT2D eigenvalue weighted by Gasteiger charge is 2.40. The van der Waals surface area contributed by atoms with Crippen LogP contribution in [0, 0.1) is 32.6 Å². The molecule has 354 valence electrons. The Bertz CT molecular complexity index is 3620. The molecule has 0 amide bonds. The Morgan fingerprint density at radius 1 is 0.375 bits per heavy atom. The van der Waals surface area contributed by atoms with Crippen LogP contribution >= 0.6 is 0 Å². The molecule has 0 saturated heterocycles. The first-order valence-corrected chi connectivity index (χ1v) is 26.2. The van der Waals surface area contributed by atoms with Crippen LogP contribution in [-0.2, 0) is 18.3 Å². The summed E-state index contributed by atoms with van der Waals surface area (Å²) in [7, 11) is 2.17. The second kappa shape index (κ2) is 18.5. The van der Waals surface area contributed by atoms with Crippen LogP contribution < -0.4 is 9.80 Å². The molecule has 2 nitrogen and oxygen atoms in total. The van der Waals surface area contributed by atoms with Gasteiger partial charge < -0.3 is 9.80 Å². The van der Waals surface area contributed by atoms with Gasteiger partial charge in [0.15, 0.2) is 0 Å². The number of rotatable bonds is 10. The Labute approximate surface area is 427 Å². The molecule has 10 aromatic rings. The minimum absolute atomic E-state index is 0.00350. The van der Waals surface area contributed by atoms with Gasteiger partial charge in [0, 0.05) is 40.9 Å². The van der Waals surface area contributed by atoms with Gasteiger partial charge in [-0.1, -0.05) is 153 Å².